The molecule has 0 atom stereocenters. The lowest BCUT2D eigenvalue weighted by molar-refractivity contribution is -0.123. The molecule has 0 aliphatic carbocycles. The predicted octanol–water partition coefficient (Wildman–Crippen LogP) is 4.66. The second-order valence-electron chi connectivity index (χ2n) is 5.50. The van der Waals surface area contributed by atoms with Gasteiger partial charge < -0.3 is 9.47 Å². The number of carbonyl (C=O) groups excluding carboxylic acids is 1. The molecular formula is C21H17ClN2O3. The fourth-order valence-corrected chi connectivity index (χ4v) is 2.39. The van der Waals surface area contributed by atoms with E-state index >= 15 is 0 Å². The highest BCUT2D eigenvalue weighted by Gasteiger charge is 2.04. The fraction of sp³-hybridized carbons (Fsp3) is 0.0476. The van der Waals surface area contributed by atoms with Crippen molar-refractivity contribution < 1.29 is 14.3 Å². The number of rotatable bonds is 7. The Hall–Kier alpha value is -3.31. The molecule has 5 nitrogen and oxygen atoms in total. The third kappa shape index (κ3) is 5.87. The molecule has 0 unspecified atom stereocenters. The maximum atomic E-state index is 11.8. The van der Waals surface area contributed by atoms with Crippen LogP contribution in [-0.2, 0) is 4.79 Å². The SMILES string of the molecule is O=C(COc1ccccc1Cl)N/N=C\c1cccc(Oc2ccccc2)c1. The molecule has 0 aromatic heterocycles. The summed E-state index contributed by atoms with van der Waals surface area (Å²) in [5, 5.41) is 4.38. The van der Waals surface area contributed by atoms with Crippen LogP contribution in [0.4, 0.5) is 0 Å². The highest BCUT2D eigenvalue weighted by atomic mass is 35.5. The molecule has 136 valence electrons. The van der Waals surface area contributed by atoms with E-state index in [-0.39, 0.29) is 12.5 Å². The van der Waals surface area contributed by atoms with Crippen molar-refractivity contribution in [3.63, 3.8) is 0 Å². The van der Waals surface area contributed by atoms with Crippen LogP contribution >= 0.6 is 11.6 Å². The minimum absolute atomic E-state index is 0.182. The molecule has 0 bridgehead atoms. The summed E-state index contributed by atoms with van der Waals surface area (Å²) in [6.45, 7) is -0.182. The van der Waals surface area contributed by atoms with E-state index in [0.717, 1.165) is 11.3 Å². The van der Waals surface area contributed by atoms with Crippen LogP contribution in [0.5, 0.6) is 17.2 Å². The van der Waals surface area contributed by atoms with Gasteiger partial charge >= 0.3 is 0 Å². The molecule has 0 spiro atoms. The summed E-state index contributed by atoms with van der Waals surface area (Å²) < 4.78 is 11.1. The smallest absolute Gasteiger partial charge is 0.277 e. The number of ether oxygens (including phenoxy) is 2. The van der Waals surface area contributed by atoms with Gasteiger partial charge in [-0.3, -0.25) is 4.79 Å². The molecule has 0 aliphatic heterocycles. The summed E-state index contributed by atoms with van der Waals surface area (Å²) >= 11 is 5.97. The summed E-state index contributed by atoms with van der Waals surface area (Å²) in [6, 6.07) is 23.8. The Bertz CT molecular complexity index is 929. The first-order valence-electron chi connectivity index (χ1n) is 8.23. The second-order valence-corrected chi connectivity index (χ2v) is 5.91. The fourth-order valence-electron chi connectivity index (χ4n) is 2.20. The number of amides is 1. The Morgan fingerprint density at radius 1 is 0.963 bits per heavy atom. The minimum atomic E-state index is -0.386. The Kier molecular flexibility index (Phi) is 6.44. The van der Waals surface area contributed by atoms with Gasteiger partial charge in [-0.15, -0.1) is 0 Å². The molecule has 0 fully saturated rings. The van der Waals surface area contributed by atoms with Crippen molar-refractivity contribution in [2.45, 2.75) is 0 Å². The van der Waals surface area contributed by atoms with Gasteiger partial charge in [0.25, 0.3) is 5.91 Å². The second kappa shape index (κ2) is 9.40. The molecule has 0 radical (unpaired) electrons. The van der Waals surface area contributed by atoms with Gasteiger partial charge in [-0.05, 0) is 42.0 Å². The van der Waals surface area contributed by atoms with E-state index in [1.54, 1.807) is 24.3 Å². The Balaban J connectivity index is 1.51. The maximum absolute atomic E-state index is 11.8. The van der Waals surface area contributed by atoms with E-state index in [1.165, 1.54) is 6.21 Å². The lowest BCUT2D eigenvalue weighted by Crippen LogP contribution is -2.24. The zero-order chi connectivity index (χ0) is 18.9. The lowest BCUT2D eigenvalue weighted by Gasteiger charge is -2.06. The average Bonchev–Trinajstić information content (AvgIpc) is 2.68. The third-order valence-corrected chi connectivity index (χ3v) is 3.75. The molecule has 0 saturated heterocycles. The number of halogens is 1. The zero-order valence-electron chi connectivity index (χ0n) is 14.3. The van der Waals surface area contributed by atoms with Gasteiger partial charge in [0, 0.05) is 0 Å². The highest BCUT2D eigenvalue weighted by molar-refractivity contribution is 6.32. The molecule has 0 saturated carbocycles. The number of para-hydroxylation sites is 2. The molecule has 27 heavy (non-hydrogen) atoms. The van der Waals surface area contributed by atoms with Crippen LogP contribution in [0.25, 0.3) is 0 Å². The summed E-state index contributed by atoms with van der Waals surface area (Å²) in [5.41, 5.74) is 3.20. The van der Waals surface area contributed by atoms with E-state index in [2.05, 4.69) is 10.5 Å². The van der Waals surface area contributed by atoms with Crippen LogP contribution in [-0.4, -0.2) is 18.7 Å². The number of nitrogens with one attached hydrogen (secondary N) is 1. The summed E-state index contributed by atoms with van der Waals surface area (Å²) in [5.74, 6) is 1.49. The average molecular weight is 381 g/mol. The van der Waals surface area contributed by atoms with Gasteiger partial charge in [0.2, 0.25) is 0 Å². The van der Waals surface area contributed by atoms with Gasteiger partial charge in [0.15, 0.2) is 6.61 Å². The van der Waals surface area contributed by atoms with Gasteiger partial charge in [-0.2, -0.15) is 5.10 Å². The first kappa shape index (κ1) is 18.5. The van der Waals surface area contributed by atoms with Crippen LogP contribution in [0.15, 0.2) is 84.0 Å². The number of hydrogen-bond acceptors (Lipinski definition) is 4. The summed E-state index contributed by atoms with van der Waals surface area (Å²) in [7, 11) is 0. The van der Waals surface area contributed by atoms with Crippen molar-refractivity contribution in [1.29, 1.82) is 0 Å². The topological polar surface area (TPSA) is 59.9 Å². The zero-order valence-corrected chi connectivity index (χ0v) is 15.1. The molecule has 1 N–H and O–H groups in total. The van der Waals surface area contributed by atoms with Crippen LogP contribution in [0, 0.1) is 0 Å². The van der Waals surface area contributed by atoms with Crippen molar-refractivity contribution in [2.24, 2.45) is 5.10 Å². The molecule has 3 rings (SSSR count). The van der Waals surface area contributed by atoms with Crippen molar-refractivity contribution in [3.05, 3.63) is 89.4 Å². The van der Waals surface area contributed by atoms with Crippen molar-refractivity contribution in [3.8, 4) is 17.2 Å². The Morgan fingerprint density at radius 2 is 1.70 bits per heavy atom. The molecule has 1 amide bonds. The van der Waals surface area contributed by atoms with Gasteiger partial charge in [-0.25, -0.2) is 5.43 Å². The molecule has 0 heterocycles. The van der Waals surface area contributed by atoms with Crippen molar-refractivity contribution >= 4 is 23.7 Å². The summed E-state index contributed by atoms with van der Waals surface area (Å²) in [4.78, 5) is 11.8. The number of benzene rings is 3. The first-order chi connectivity index (χ1) is 13.2. The van der Waals surface area contributed by atoms with E-state index in [0.29, 0.717) is 16.5 Å². The van der Waals surface area contributed by atoms with E-state index in [1.807, 2.05) is 54.6 Å². The largest absolute Gasteiger partial charge is 0.482 e. The monoisotopic (exact) mass is 380 g/mol. The highest BCUT2D eigenvalue weighted by Crippen LogP contribution is 2.23. The number of hydrazone groups is 1. The quantitative estimate of drug-likeness (QED) is 0.479. The molecule has 3 aromatic rings. The number of carbonyl (C=O) groups is 1. The van der Waals surface area contributed by atoms with Gasteiger partial charge in [-0.1, -0.05) is 54.1 Å². The lowest BCUT2D eigenvalue weighted by atomic mass is 10.2. The van der Waals surface area contributed by atoms with Crippen LogP contribution in [0.2, 0.25) is 5.02 Å². The van der Waals surface area contributed by atoms with E-state index in [4.69, 9.17) is 21.1 Å². The Morgan fingerprint density at radius 3 is 2.52 bits per heavy atom. The summed E-state index contributed by atoms with van der Waals surface area (Å²) in [6.07, 6.45) is 1.53. The Labute approximate surface area is 162 Å². The third-order valence-electron chi connectivity index (χ3n) is 3.44. The standard InChI is InChI=1S/C21H17ClN2O3/c22-19-11-4-5-12-20(19)26-15-21(25)24-23-14-16-7-6-10-18(13-16)27-17-8-2-1-3-9-17/h1-14H,15H2,(H,24,25)/b23-14-. The van der Waals surface area contributed by atoms with Crippen LogP contribution in [0.3, 0.4) is 0 Å². The van der Waals surface area contributed by atoms with E-state index in [9.17, 15) is 4.79 Å². The van der Waals surface area contributed by atoms with Crippen LogP contribution < -0.4 is 14.9 Å². The van der Waals surface area contributed by atoms with Gasteiger partial charge in [0.05, 0.1) is 11.2 Å². The normalized spacial score (nSPS) is 10.6. The first-order valence-corrected chi connectivity index (χ1v) is 8.61. The molecular weight excluding hydrogens is 364 g/mol. The number of hydrogen-bond donors (Lipinski definition) is 1. The van der Waals surface area contributed by atoms with Crippen LogP contribution in [0.1, 0.15) is 5.56 Å². The van der Waals surface area contributed by atoms with Crippen molar-refractivity contribution in [1.82, 2.24) is 5.43 Å². The molecule has 0 aliphatic rings. The van der Waals surface area contributed by atoms with Gasteiger partial charge in [0.1, 0.15) is 17.2 Å². The maximum Gasteiger partial charge on any atom is 0.277 e. The minimum Gasteiger partial charge on any atom is -0.482 e. The predicted molar refractivity (Wildman–Crippen MR) is 106 cm³/mol. The van der Waals surface area contributed by atoms with Crippen molar-refractivity contribution in [2.75, 3.05) is 6.61 Å². The molecule has 6 heteroatoms. The molecule has 3 aromatic carbocycles. The van der Waals surface area contributed by atoms with E-state index < -0.39 is 0 Å². The number of nitrogens with zero attached hydrogens (tertiary/aromatic N) is 1.